The minimum absolute atomic E-state index is 0.413. The minimum atomic E-state index is -4.69. The maximum absolute atomic E-state index is 10.0. The van der Waals surface area contributed by atoms with Crippen molar-refractivity contribution in [3.63, 3.8) is 0 Å². The summed E-state index contributed by atoms with van der Waals surface area (Å²) in [6.07, 6.45) is 0. The maximum atomic E-state index is 10.0. The van der Waals surface area contributed by atoms with Gasteiger partial charge in [0, 0.05) is 6.54 Å². The molecule has 0 heterocycles. The van der Waals surface area contributed by atoms with Crippen molar-refractivity contribution in [1.82, 2.24) is 9.91 Å². The molecule has 0 radical (unpaired) electrons. The number of hydrogen-bond acceptors (Lipinski definition) is 7. The van der Waals surface area contributed by atoms with Crippen molar-refractivity contribution >= 4 is 0 Å². The van der Waals surface area contributed by atoms with Crippen molar-refractivity contribution in [3.8, 4) is 0 Å². The maximum Gasteiger partial charge on any atom is 0.159 e. The Hall–Kier alpha value is -0.710. The highest BCUT2D eigenvalue weighted by molar-refractivity contribution is 4.43. The molecule has 0 saturated carbocycles. The van der Waals surface area contributed by atoms with Gasteiger partial charge in [0.05, 0.1) is 28.5 Å². The Labute approximate surface area is 89.0 Å². The highest BCUT2D eigenvalue weighted by Gasteiger charge is 2.05. The summed E-state index contributed by atoms with van der Waals surface area (Å²) < 4.78 is 32.7. The van der Waals surface area contributed by atoms with Crippen molar-refractivity contribution < 1.29 is 33.9 Å². The van der Waals surface area contributed by atoms with E-state index in [1.165, 1.54) is 7.05 Å². The lowest BCUT2D eigenvalue weighted by Crippen LogP contribution is -2.58. The number of hydrogen-bond donors (Lipinski definition) is 1. The first kappa shape index (κ1) is 16.7. The van der Waals surface area contributed by atoms with Crippen LogP contribution in [0.1, 0.15) is 0 Å². The molecule has 9 nitrogen and oxygen atoms in total. The third kappa shape index (κ3) is 24.6. The Morgan fingerprint density at radius 3 is 1.73 bits per heavy atom. The standard InChI is InChI=1S/C5H13N3O2.ClHO4/c1-6(2)4-5-7(3)8(9)10;2-1(3,4)5/h4-5H2,1-3H3;(H,2,3,4,5). The molecular formula is C5H14ClN3O6. The quantitative estimate of drug-likeness (QED) is 0.388. The van der Waals surface area contributed by atoms with E-state index < -0.39 is 15.3 Å². The van der Waals surface area contributed by atoms with Gasteiger partial charge in [-0.15, -0.1) is 5.01 Å². The Bertz CT molecular complexity index is 178. The molecule has 1 N–H and O–H groups in total. The summed E-state index contributed by atoms with van der Waals surface area (Å²) in [5.41, 5.74) is 0. The SMILES string of the molecule is CN(C)CCN(C)[N+](=O)[O-].[O-][Cl+3]([O-])([O-])O. The van der Waals surface area contributed by atoms with Gasteiger partial charge in [0.2, 0.25) is 0 Å². The summed E-state index contributed by atoms with van der Waals surface area (Å²) in [5.74, 6) is 0. The molecule has 15 heavy (non-hydrogen) atoms. The minimum Gasteiger partial charge on any atom is -0.307 e. The number of halogens is 1. The lowest BCUT2D eigenvalue weighted by Gasteiger charge is -2.11. The molecule has 0 bridgehead atoms. The van der Waals surface area contributed by atoms with Crippen LogP contribution >= 0.6 is 0 Å². The lowest BCUT2D eigenvalue weighted by atomic mass is 10.6. The predicted molar refractivity (Wildman–Crippen MR) is 40.4 cm³/mol. The smallest absolute Gasteiger partial charge is 0.159 e. The molecule has 92 valence electrons. The number of hydrazine groups is 1. The molecule has 0 amide bonds. The van der Waals surface area contributed by atoms with Crippen LogP contribution in [0.4, 0.5) is 0 Å². The first-order chi connectivity index (χ1) is 6.54. The first-order valence-corrected chi connectivity index (χ1v) is 4.94. The van der Waals surface area contributed by atoms with Crippen LogP contribution in [0.2, 0.25) is 0 Å². The van der Waals surface area contributed by atoms with Gasteiger partial charge in [-0.1, -0.05) is 0 Å². The van der Waals surface area contributed by atoms with E-state index in [0.717, 1.165) is 5.01 Å². The zero-order valence-electron chi connectivity index (χ0n) is 8.62. The van der Waals surface area contributed by atoms with E-state index in [4.69, 9.17) is 18.6 Å². The number of nitrogens with zero attached hydrogens (tertiary/aromatic N) is 3. The number of nitro groups is 1. The molecule has 0 fully saturated rings. The second kappa shape index (κ2) is 7.56. The highest BCUT2D eigenvalue weighted by atomic mass is 35.7. The van der Waals surface area contributed by atoms with E-state index in [1.807, 2.05) is 19.0 Å². The van der Waals surface area contributed by atoms with E-state index in [2.05, 4.69) is 0 Å². The second-order valence-corrected chi connectivity index (χ2v) is 3.61. The van der Waals surface area contributed by atoms with E-state index in [-0.39, 0.29) is 0 Å². The molecule has 0 saturated heterocycles. The molecule has 0 atom stereocenters. The second-order valence-electron chi connectivity index (χ2n) is 2.82. The van der Waals surface area contributed by atoms with Gasteiger partial charge in [0.1, 0.15) is 0 Å². The predicted octanol–water partition coefficient (Wildman–Crippen LogP) is -4.45. The van der Waals surface area contributed by atoms with Gasteiger partial charge in [-0.25, -0.2) is 10.1 Å². The van der Waals surface area contributed by atoms with Crippen LogP contribution in [0.15, 0.2) is 0 Å². The highest BCUT2D eigenvalue weighted by Crippen LogP contribution is 1.82. The zero-order valence-corrected chi connectivity index (χ0v) is 9.38. The summed E-state index contributed by atoms with van der Waals surface area (Å²) in [6, 6.07) is 0. The van der Waals surface area contributed by atoms with Crippen LogP contribution in [0.5, 0.6) is 0 Å². The Balaban J connectivity index is 0. The first-order valence-electron chi connectivity index (χ1n) is 3.67. The molecule has 0 aliphatic heterocycles. The van der Waals surface area contributed by atoms with Gasteiger partial charge >= 0.3 is 0 Å². The molecule has 0 rings (SSSR count). The zero-order chi connectivity index (χ0) is 12.6. The number of rotatable bonds is 4. The van der Waals surface area contributed by atoms with E-state index >= 15 is 0 Å². The van der Waals surface area contributed by atoms with Gasteiger partial charge in [-0.3, -0.25) is 0 Å². The fourth-order valence-corrected chi connectivity index (χ4v) is 0.426. The van der Waals surface area contributed by atoms with Crippen LogP contribution in [-0.4, -0.2) is 53.8 Å². The van der Waals surface area contributed by atoms with E-state index in [1.54, 1.807) is 0 Å². The summed E-state index contributed by atoms with van der Waals surface area (Å²) >= 11 is 0. The third-order valence-corrected chi connectivity index (χ3v) is 1.15. The summed E-state index contributed by atoms with van der Waals surface area (Å²) in [6.45, 7) is 1.16. The molecule has 10 heteroatoms. The van der Waals surface area contributed by atoms with E-state index in [0.29, 0.717) is 13.1 Å². The van der Waals surface area contributed by atoms with Crippen LogP contribution < -0.4 is 14.0 Å². The van der Waals surface area contributed by atoms with Crippen LogP contribution in [-0.2, 0) is 0 Å². The number of likely N-dealkylation sites (N-methyl/N-ethyl adjacent to an activating group) is 2. The van der Waals surface area contributed by atoms with Gasteiger partial charge < -0.3 is 4.90 Å². The van der Waals surface area contributed by atoms with Crippen molar-refractivity contribution in [2.75, 3.05) is 34.2 Å². The molecule has 0 unspecified atom stereocenters. The average Bonchev–Trinajstić information content (AvgIpc) is 1.96. The third-order valence-electron chi connectivity index (χ3n) is 1.15. The van der Waals surface area contributed by atoms with Crippen molar-refractivity contribution in [1.29, 1.82) is 0 Å². The Morgan fingerprint density at radius 2 is 1.53 bits per heavy atom. The largest absolute Gasteiger partial charge is 0.307 e. The van der Waals surface area contributed by atoms with Gasteiger partial charge in [-0.05, 0) is 14.1 Å². The summed E-state index contributed by atoms with van der Waals surface area (Å²) in [7, 11) is 0.533. The van der Waals surface area contributed by atoms with Gasteiger partial charge in [0.25, 0.3) is 0 Å². The van der Waals surface area contributed by atoms with Crippen molar-refractivity contribution in [3.05, 3.63) is 10.1 Å². The summed E-state index contributed by atoms with van der Waals surface area (Å²) in [4.78, 5) is 11.9. The van der Waals surface area contributed by atoms with Gasteiger partial charge in [-0.2, -0.15) is 14.0 Å². The van der Waals surface area contributed by atoms with Crippen LogP contribution in [0, 0.1) is 20.4 Å². The monoisotopic (exact) mass is 247 g/mol. The molecule has 0 aromatic carbocycles. The Kier molecular flexibility index (Phi) is 8.43. The summed E-state index contributed by atoms with van der Waals surface area (Å²) in [5, 5.41) is 10.7. The van der Waals surface area contributed by atoms with Crippen LogP contribution in [0.3, 0.4) is 0 Å². The molecule has 0 aliphatic carbocycles. The molecule has 0 spiro atoms. The van der Waals surface area contributed by atoms with Gasteiger partial charge in [0.15, 0.2) is 5.03 Å². The van der Waals surface area contributed by atoms with Crippen LogP contribution in [0.25, 0.3) is 0 Å². The Morgan fingerprint density at radius 1 is 1.20 bits per heavy atom. The fourth-order valence-electron chi connectivity index (χ4n) is 0.426. The normalized spacial score (nSPS) is 10.7. The topological polar surface area (TPSA) is 139 Å². The van der Waals surface area contributed by atoms with Crippen molar-refractivity contribution in [2.45, 2.75) is 0 Å². The lowest BCUT2D eigenvalue weighted by molar-refractivity contribution is -1.92. The molecular weight excluding hydrogens is 234 g/mol. The van der Waals surface area contributed by atoms with Crippen molar-refractivity contribution in [2.24, 2.45) is 0 Å². The van der Waals surface area contributed by atoms with E-state index in [9.17, 15) is 10.1 Å². The fraction of sp³-hybridized carbons (Fsp3) is 1.00. The molecule has 0 aliphatic rings. The molecule has 0 aromatic heterocycles. The molecule has 0 aromatic rings. The average molecular weight is 248 g/mol.